The summed E-state index contributed by atoms with van der Waals surface area (Å²) in [6.07, 6.45) is 2.35. The Morgan fingerprint density at radius 2 is 1.74 bits per heavy atom. The van der Waals surface area contributed by atoms with E-state index in [0.29, 0.717) is 11.3 Å². The van der Waals surface area contributed by atoms with Crippen LogP contribution < -0.4 is 0 Å². The van der Waals surface area contributed by atoms with E-state index >= 15 is 0 Å². The van der Waals surface area contributed by atoms with Crippen molar-refractivity contribution in [3.05, 3.63) is 12.7 Å². The van der Waals surface area contributed by atoms with Crippen LogP contribution in [0.3, 0.4) is 0 Å². The first kappa shape index (κ1) is 19.0. The van der Waals surface area contributed by atoms with E-state index in [2.05, 4.69) is 11.4 Å². The predicted molar refractivity (Wildman–Crippen MR) is 65.5 cm³/mol. The molecule has 0 aromatic heterocycles. The van der Waals surface area contributed by atoms with Gasteiger partial charge in [-0.05, 0) is 6.92 Å². The topological polar surface area (TPSA) is 97.8 Å². The monoisotopic (exact) mass is 271 g/mol. The van der Waals surface area contributed by atoms with Crippen molar-refractivity contribution in [2.24, 2.45) is 0 Å². The third-order valence-corrected chi connectivity index (χ3v) is 1.67. The van der Waals surface area contributed by atoms with Crippen molar-refractivity contribution in [2.75, 3.05) is 0 Å². The number of amides is 2. The Morgan fingerprint density at radius 1 is 1.32 bits per heavy atom. The summed E-state index contributed by atoms with van der Waals surface area (Å²) >= 11 is 0. The second-order valence-corrected chi connectivity index (χ2v) is 3.16. The first-order chi connectivity index (χ1) is 9.06. The molecule has 0 spiro atoms. The highest BCUT2D eigenvalue weighted by atomic mass is 16.7. The molecule has 1 rings (SSSR count). The fourth-order valence-corrected chi connectivity index (χ4v) is 0.982. The van der Waals surface area contributed by atoms with E-state index in [1.807, 2.05) is 13.7 Å². The van der Waals surface area contributed by atoms with Crippen LogP contribution in [0.25, 0.3) is 0 Å². The Kier molecular flexibility index (Phi) is 12.2. The lowest BCUT2D eigenvalue weighted by atomic mass is 10.3. The van der Waals surface area contributed by atoms with Gasteiger partial charge in [0.15, 0.2) is 0 Å². The van der Waals surface area contributed by atoms with Gasteiger partial charge in [-0.3, -0.25) is 9.59 Å². The zero-order valence-electron chi connectivity index (χ0n) is 10.8. The normalized spacial score (nSPS) is 12.6. The van der Waals surface area contributed by atoms with Crippen LogP contribution in [0.15, 0.2) is 12.7 Å². The molecule has 19 heavy (non-hydrogen) atoms. The largest absolute Gasteiger partial charge is 0.333 e. The smallest absolute Gasteiger partial charge is 0.330 e. The molecule has 0 aromatic carbocycles. The first-order valence-corrected chi connectivity index (χ1v) is 5.43. The van der Waals surface area contributed by atoms with Gasteiger partial charge in [0, 0.05) is 19.3 Å². The zero-order chi connectivity index (χ0) is 15.3. The average molecular weight is 271 g/mol. The lowest BCUT2D eigenvalue weighted by Crippen LogP contribution is -2.31. The second kappa shape index (κ2) is 12.2. The van der Waals surface area contributed by atoms with Crippen LogP contribution >= 0.6 is 0 Å². The summed E-state index contributed by atoms with van der Waals surface area (Å²) in [4.78, 5) is 55.2. The van der Waals surface area contributed by atoms with Crippen LogP contribution in [-0.4, -0.2) is 35.9 Å². The molecule has 0 bridgehead atoms. The summed E-state index contributed by atoms with van der Waals surface area (Å²) in [7, 11) is 0. The van der Waals surface area contributed by atoms with Gasteiger partial charge in [-0.1, -0.05) is 6.08 Å². The van der Waals surface area contributed by atoms with Crippen LogP contribution in [0.1, 0.15) is 32.6 Å². The van der Waals surface area contributed by atoms with Crippen LogP contribution in [0, 0.1) is 0 Å². The Bertz CT molecular complexity index is 323. The fraction of sp³-hybridized carbons (Fsp3) is 0.417. The van der Waals surface area contributed by atoms with Gasteiger partial charge in [0.2, 0.25) is 0 Å². The molecule has 1 heterocycles. The van der Waals surface area contributed by atoms with Gasteiger partial charge >= 0.3 is 5.97 Å². The number of imide groups is 1. The summed E-state index contributed by atoms with van der Waals surface area (Å²) < 4.78 is 0. The second-order valence-electron chi connectivity index (χ2n) is 3.16. The number of hydrogen-bond donors (Lipinski definition) is 0. The maximum Gasteiger partial charge on any atom is 0.333 e. The standard InChI is InChI=1S/C8H9NO5.C3H6.CH2O/c10-5-1-2-8(13)14-9-6(11)3-4-7(9)12;1-3-2;1-2/h5H,1-4H2;3H,1H2,2H3;1H2. The van der Waals surface area contributed by atoms with Crippen molar-refractivity contribution in [3.8, 4) is 0 Å². The molecule has 0 N–H and O–H groups in total. The Balaban J connectivity index is 0. The zero-order valence-corrected chi connectivity index (χ0v) is 10.8. The molecule has 0 atom stereocenters. The molecule has 2 amide bonds. The van der Waals surface area contributed by atoms with Gasteiger partial charge in [0.25, 0.3) is 11.8 Å². The van der Waals surface area contributed by atoms with E-state index in [4.69, 9.17) is 4.79 Å². The molecule has 0 saturated carbocycles. The van der Waals surface area contributed by atoms with Crippen molar-refractivity contribution in [1.82, 2.24) is 5.06 Å². The SMILES string of the molecule is C=CC.C=O.O=CCCC(=O)ON1C(=O)CCC1=O. The number of hydrogen-bond acceptors (Lipinski definition) is 6. The summed E-state index contributed by atoms with van der Waals surface area (Å²) in [6, 6.07) is 0. The molecule has 1 saturated heterocycles. The minimum atomic E-state index is -0.749. The van der Waals surface area contributed by atoms with Gasteiger partial charge in [0.1, 0.15) is 13.1 Å². The molecule has 7 heteroatoms. The Morgan fingerprint density at radius 3 is 2.11 bits per heavy atom. The number of aldehydes is 1. The van der Waals surface area contributed by atoms with Gasteiger partial charge in [0.05, 0.1) is 6.42 Å². The summed E-state index contributed by atoms with van der Waals surface area (Å²) in [5.74, 6) is -1.79. The average Bonchev–Trinajstić information content (AvgIpc) is 2.71. The third-order valence-electron chi connectivity index (χ3n) is 1.67. The molecular weight excluding hydrogens is 254 g/mol. The molecule has 7 nitrogen and oxygen atoms in total. The number of allylic oxidation sites excluding steroid dienone is 1. The molecular formula is C12H17NO6. The Labute approximate surface area is 111 Å². The quantitative estimate of drug-likeness (QED) is 0.421. The molecule has 0 aromatic rings. The molecule has 106 valence electrons. The van der Waals surface area contributed by atoms with Gasteiger partial charge in [-0.15, -0.1) is 11.6 Å². The fourth-order valence-electron chi connectivity index (χ4n) is 0.982. The van der Waals surface area contributed by atoms with Crippen LogP contribution in [-0.2, 0) is 28.8 Å². The highest BCUT2D eigenvalue weighted by molar-refractivity contribution is 6.01. The maximum absolute atomic E-state index is 11.0. The number of carbonyl (C=O) groups excluding carboxylic acids is 5. The molecule has 1 aliphatic rings. The predicted octanol–water partition coefficient (Wildman–Crippen LogP) is 0.580. The Hall–Kier alpha value is -2.31. The van der Waals surface area contributed by atoms with Crippen molar-refractivity contribution >= 4 is 30.9 Å². The summed E-state index contributed by atoms with van der Waals surface area (Å²) in [5.41, 5.74) is 0. The highest BCUT2D eigenvalue weighted by Gasteiger charge is 2.32. The van der Waals surface area contributed by atoms with Crippen LogP contribution in [0.4, 0.5) is 0 Å². The minimum Gasteiger partial charge on any atom is -0.330 e. The number of hydroxylamine groups is 2. The number of rotatable bonds is 4. The van der Waals surface area contributed by atoms with Crippen LogP contribution in [0.2, 0.25) is 0 Å². The van der Waals surface area contributed by atoms with E-state index in [9.17, 15) is 19.2 Å². The minimum absolute atomic E-state index is 0.0229. The number of carbonyl (C=O) groups is 5. The van der Waals surface area contributed by atoms with Gasteiger partial charge < -0.3 is 14.4 Å². The van der Waals surface area contributed by atoms with Crippen molar-refractivity contribution < 1.29 is 28.8 Å². The van der Waals surface area contributed by atoms with Gasteiger partial charge in [-0.25, -0.2) is 4.79 Å². The molecule has 1 fully saturated rings. The number of nitrogens with zero attached hydrogens (tertiary/aromatic N) is 1. The van der Waals surface area contributed by atoms with E-state index in [1.165, 1.54) is 0 Å². The van der Waals surface area contributed by atoms with E-state index in [-0.39, 0.29) is 25.7 Å². The summed E-state index contributed by atoms with van der Waals surface area (Å²) in [5, 5.41) is 0.465. The molecule has 0 aliphatic carbocycles. The third kappa shape index (κ3) is 8.42. The van der Waals surface area contributed by atoms with Crippen molar-refractivity contribution in [1.29, 1.82) is 0 Å². The lowest BCUT2D eigenvalue weighted by Gasteiger charge is -2.11. The summed E-state index contributed by atoms with van der Waals surface area (Å²) in [6.45, 7) is 7.25. The molecule has 1 aliphatic heterocycles. The van der Waals surface area contributed by atoms with Gasteiger partial charge in [-0.2, -0.15) is 0 Å². The lowest BCUT2D eigenvalue weighted by molar-refractivity contribution is -0.197. The molecule has 0 unspecified atom stereocenters. The van der Waals surface area contributed by atoms with Crippen molar-refractivity contribution in [3.63, 3.8) is 0 Å². The highest BCUT2D eigenvalue weighted by Crippen LogP contribution is 2.12. The van der Waals surface area contributed by atoms with Crippen LogP contribution in [0.5, 0.6) is 0 Å². The molecule has 0 radical (unpaired) electrons. The van der Waals surface area contributed by atoms with E-state index in [0.717, 1.165) is 0 Å². The van der Waals surface area contributed by atoms with E-state index < -0.39 is 17.8 Å². The van der Waals surface area contributed by atoms with Crippen molar-refractivity contribution in [2.45, 2.75) is 32.6 Å². The maximum atomic E-state index is 11.0. The van der Waals surface area contributed by atoms with E-state index in [1.54, 1.807) is 6.08 Å². The first-order valence-electron chi connectivity index (χ1n) is 5.43.